The molecule has 0 aliphatic rings. The van der Waals surface area contributed by atoms with Gasteiger partial charge in [0.05, 0.1) is 0 Å². The fourth-order valence-corrected chi connectivity index (χ4v) is 0. The van der Waals surface area contributed by atoms with E-state index in [0.717, 1.165) is 0 Å². The number of rotatable bonds is 0. The van der Waals surface area contributed by atoms with Crippen LogP contribution in [0.4, 0.5) is 0 Å². The van der Waals surface area contributed by atoms with Crippen molar-refractivity contribution >= 4 is 18.9 Å². The van der Waals surface area contributed by atoms with Gasteiger partial charge >= 0.3 is 0 Å². The maximum absolute atomic E-state index is 0. The standard InChI is InChI=1S/Cu.Li.Mn.Ni. The molecule has 0 rings (SSSR count). The van der Waals surface area contributed by atoms with E-state index < -0.39 is 0 Å². The number of hydrogen-bond donors (Lipinski definition) is 0. The largest absolute Gasteiger partial charge is 0 e. The van der Waals surface area contributed by atoms with Gasteiger partial charge in [0, 0.05) is 69.5 Å². The van der Waals surface area contributed by atoms with Crippen molar-refractivity contribution in [3.8, 4) is 0 Å². The van der Waals surface area contributed by atoms with Crippen LogP contribution in [0, 0.1) is 0 Å². The van der Waals surface area contributed by atoms with E-state index in [0.29, 0.717) is 0 Å². The van der Waals surface area contributed by atoms with Crippen LogP contribution in [0.5, 0.6) is 0 Å². The Morgan fingerprint density at radius 3 is 1.00 bits per heavy atom. The van der Waals surface area contributed by atoms with Gasteiger partial charge in [-0.05, 0) is 0 Å². The molecule has 0 atom stereocenters. The molecule has 29 valence electrons. The molecule has 0 spiro atoms. The van der Waals surface area contributed by atoms with Gasteiger partial charge in [-0.3, -0.25) is 0 Å². The first-order chi connectivity index (χ1) is 0. The van der Waals surface area contributed by atoms with E-state index in [1.54, 1.807) is 0 Å². The summed E-state index contributed by atoms with van der Waals surface area (Å²) in [6.07, 6.45) is 0. The second kappa shape index (κ2) is 19.3. The minimum atomic E-state index is 0. The molecule has 0 amide bonds. The molecule has 0 aromatic rings. The maximum atomic E-state index is 0. The monoisotopic (exact) mass is 183 g/mol. The zero-order valence-electron chi connectivity index (χ0n) is 2.00. The van der Waals surface area contributed by atoms with Crippen molar-refractivity contribution in [2.24, 2.45) is 0 Å². The van der Waals surface area contributed by atoms with Crippen LogP contribution in [0.3, 0.4) is 0 Å². The minimum absolute atomic E-state index is 0. The van der Waals surface area contributed by atoms with Crippen LogP contribution < -0.4 is 0 Å². The Morgan fingerprint density at radius 2 is 1.00 bits per heavy atom. The van der Waals surface area contributed by atoms with Gasteiger partial charge in [0.25, 0.3) is 0 Å². The van der Waals surface area contributed by atoms with Crippen LogP contribution in [0.2, 0.25) is 0 Å². The predicted octanol–water partition coefficient (Wildman–Crippen LogP) is -0.388. The smallest absolute Gasteiger partial charge is 0 e. The molecule has 0 N–H and O–H groups in total. The second-order valence-electron chi connectivity index (χ2n) is 0. The predicted molar refractivity (Wildman–Crippen MR) is 5.75 cm³/mol. The third-order valence-electron chi connectivity index (χ3n) is 0. The molecule has 0 saturated heterocycles. The third kappa shape index (κ3) is 8.92. The molecule has 0 nitrogen and oxygen atoms in total. The van der Waals surface area contributed by atoms with Crippen molar-refractivity contribution in [1.29, 1.82) is 0 Å². The first-order valence-electron chi connectivity index (χ1n) is 0. The fourth-order valence-electron chi connectivity index (χ4n) is 0. The summed E-state index contributed by atoms with van der Waals surface area (Å²) in [7, 11) is 0. The van der Waals surface area contributed by atoms with Crippen LogP contribution in [-0.2, 0) is 50.6 Å². The Morgan fingerprint density at radius 1 is 1.00 bits per heavy atom. The van der Waals surface area contributed by atoms with Gasteiger partial charge in [0.15, 0.2) is 0 Å². The average Bonchev–Trinajstić information content (AvgIpc) is 0. The van der Waals surface area contributed by atoms with Gasteiger partial charge < -0.3 is 0 Å². The van der Waals surface area contributed by atoms with Crippen LogP contribution in [0.15, 0.2) is 0 Å². The topological polar surface area (TPSA) is 0 Å². The van der Waals surface area contributed by atoms with Gasteiger partial charge in [-0.2, -0.15) is 0 Å². The van der Waals surface area contributed by atoms with E-state index in [-0.39, 0.29) is 69.5 Å². The summed E-state index contributed by atoms with van der Waals surface area (Å²) in [5.41, 5.74) is 0. The summed E-state index contributed by atoms with van der Waals surface area (Å²) >= 11 is 0. The Bertz CT molecular complexity index is 8.00. The molecule has 3 radical (unpaired) electrons. The van der Waals surface area contributed by atoms with E-state index in [2.05, 4.69) is 0 Å². The van der Waals surface area contributed by atoms with Gasteiger partial charge in [0.2, 0.25) is 0 Å². The Balaban J connectivity index is 0. The van der Waals surface area contributed by atoms with Crippen molar-refractivity contribution in [2.75, 3.05) is 0 Å². The SMILES string of the molecule is [Cu].[Li].[Mn].[Ni]. The summed E-state index contributed by atoms with van der Waals surface area (Å²) in [6, 6.07) is 0. The van der Waals surface area contributed by atoms with Crippen LogP contribution in [0.1, 0.15) is 0 Å². The summed E-state index contributed by atoms with van der Waals surface area (Å²) in [5.74, 6) is 0. The van der Waals surface area contributed by atoms with Crippen LogP contribution in [0.25, 0.3) is 0 Å². The van der Waals surface area contributed by atoms with E-state index in [9.17, 15) is 0 Å². The molecule has 4 heavy (non-hydrogen) atoms. The van der Waals surface area contributed by atoms with Crippen molar-refractivity contribution < 1.29 is 50.6 Å². The molecule has 0 saturated carbocycles. The van der Waals surface area contributed by atoms with E-state index in [1.165, 1.54) is 0 Å². The average molecular weight is 184 g/mol. The zero-order valence-corrected chi connectivity index (χ0v) is 5.11. The van der Waals surface area contributed by atoms with Crippen LogP contribution in [-0.4, -0.2) is 18.9 Å². The van der Waals surface area contributed by atoms with Gasteiger partial charge in [-0.15, -0.1) is 0 Å². The van der Waals surface area contributed by atoms with Gasteiger partial charge in [-0.1, -0.05) is 0 Å². The minimum Gasteiger partial charge on any atom is 0 e. The van der Waals surface area contributed by atoms with Crippen molar-refractivity contribution in [3.05, 3.63) is 0 Å². The summed E-state index contributed by atoms with van der Waals surface area (Å²) in [6.45, 7) is 0. The molecule has 0 aliphatic heterocycles. The van der Waals surface area contributed by atoms with Crippen molar-refractivity contribution in [2.45, 2.75) is 0 Å². The first kappa shape index (κ1) is 35.6. The molecular formula is CuLiMnNi. The second-order valence-corrected chi connectivity index (χ2v) is 0. The Hall–Kier alpha value is 2.13. The molecule has 0 aromatic carbocycles. The fraction of sp³-hybridized carbons (Fsp3) is 0. The molecule has 4 heteroatoms. The quantitative estimate of drug-likeness (QED) is 0.450. The molecule has 0 aliphatic carbocycles. The van der Waals surface area contributed by atoms with Crippen LogP contribution >= 0.6 is 0 Å². The zero-order chi connectivity index (χ0) is 0. The molecule has 0 fully saturated rings. The van der Waals surface area contributed by atoms with Crippen molar-refractivity contribution in [1.82, 2.24) is 0 Å². The Kier molecular flexibility index (Phi) is 171. The molecule has 0 heterocycles. The van der Waals surface area contributed by atoms with E-state index >= 15 is 0 Å². The van der Waals surface area contributed by atoms with Gasteiger partial charge in [-0.25, -0.2) is 0 Å². The Labute approximate surface area is 68.9 Å². The van der Waals surface area contributed by atoms with E-state index in [4.69, 9.17) is 0 Å². The third-order valence-corrected chi connectivity index (χ3v) is 0. The first-order valence-corrected chi connectivity index (χ1v) is 0. The normalized spacial score (nSPS) is 0. The summed E-state index contributed by atoms with van der Waals surface area (Å²) in [4.78, 5) is 0. The molecule has 0 bridgehead atoms. The number of hydrogen-bond acceptors (Lipinski definition) is 0. The molecular weight excluding hydrogens is 184 g/mol. The summed E-state index contributed by atoms with van der Waals surface area (Å²) in [5, 5.41) is 0. The molecule has 0 aromatic heterocycles. The van der Waals surface area contributed by atoms with Gasteiger partial charge in [0.1, 0.15) is 0 Å². The maximum Gasteiger partial charge on any atom is 0 e. The van der Waals surface area contributed by atoms with Crippen molar-refractivity contribution in [3.63, 3.8) is 0 Å². The molecule has 0 unspecified atom stereocenters. The summed E-state index contributed by atoms with van der Waals surface area (Å²) < 4.78 is 0. The van der Waals surface area contributed by atoms with E-state index in [1.807, 2.05) is 0 Å².